The third-order valence-corrected chi connectivity index (χ3v) is 5.21. The van der Waals surface area contributed by atoms with Gasteiger partial charge in [0.05, 0.1) is 11.6 Å². The van der Waals surface area contributed by atoms with Gasteiger partial charge in [-0.2, -0.15) is 5.26 Å². The minimum Gasteiger partial charge on any atom is -0.317 e. The molecule has 2 aliphatic heterocycles. The molecule has 0 spiro atoms. The fourth-order valence-electron chi connectivity index (χ4n) is 3.91. The molecule has 2 aliphatic rings. The highest BCUT2D eigenvalue weighted by Gasteiger charge is 2.27. The van der Waals surface area contributed by atoms with Crippen molar-refractivity contribution in [3.8, 4) is 6.07 Å². The van der Waals surface area contributed by atoms with E-state index >= 15 is 0 Å². The van der Waals surface area contributed by atoms with Gasteiger partial charge in [-0.3, -0.25) is 4.90 Å². The Balaban J connectivity index is 0.00000132. The molecule has 0 aromatic heterocycles. The van der Waals surface area contributed by atoms with Gasteiger partial charge >= 0.3 is 0 Å². The van der Waals surface area contributed by atoms with Crippen LogP contribution in [0, 0.1) is 23.2 Å². The van der Waals surface area contributed by atoms with Gasteiger partial charge in [0.1, 0.15) is 0 Å². The van der Waals surface area contributed by atoms with Gasteiger partial charge in [-0.1, -0.05) is 18.2 Å². The first-order valence-corrected chi connectivity index (χ1v) is 8.28. The van der Waals surface area contributed by atoms with Crippen LogP contribution < -0.4 is 5.32 Å². The van der Waals surface area contributed by atoms with Gasteiger partial charge < -0.3 is 5.32 Å². The second-order valence-electron chi connectivity index (χ2n) is 6.47. The highest BCUT2D eigenvalue weighted by Crippen LogP contribution is 2.31. The quantitative estimate of drug-likeness (QED) is 0.899. The van der Waals surface area contributed by atoms with E-state index in [0.29, 0.717) is 0 Å². The third kappa shape index (κ3) is 5.36. The molecule has 0 bridgehead atoms. The van der Waals surface area contributed by atoms with E-state index in [0.717, 1.165) is 23.9 Å². The summed E-state index contributed by atoms with van der Waals surface area (Å²) in [7, 11) is 0. The van der Waals surface area contributed by atoms with Crippen molar-refractivity contribution in [2.45, 2.75) is 32.2 Å². The van der Waals surface area contributed by atoms with Crippen molar-refractivity contribution in [1.82, 2.24) is 10.2 Å². The number of piperidine rings is 2. The van der Waals surface area contributed by atoms with Crippen molar-refractivity contribution in [3.63, 3.8) is 0 Å². The van der Waals surface area contributed by atoms with E-state index in [2.05, 4.69) is 22.4 Å². The van der Waals surface area contributed by atoms with Gasteiger partial charge in [0.25, 0.3) is 0 Å². The lowest BCUT2D eigenvalue weighted by atomic mass is 9.79. The fourth-order valence-corrected chi connectivity index (χ4v) is 3.91. The fraction of sp³-hybridized carbons (Fsp3) is 0.611. The van der Waals surface area contributed by atoms with E-state index in [9.17, 15) is 5.26 Å². The maximum Gasteiger partial charge on any atom is 0.0995 e. The molecule has 23 heavy (non-hydrogen) atoms. The molecule has 0 saturated carbocycles. The minimum atomic E-state index is 0. The smallest absolute Gasteiger partial charge is 0.0995 e. The molecule has 2 heterocycles. The summed E-state index contributed by atoms with van der Waals surface area (Å²) in [5, 5.41) is 12.7. The Hall–Kier alpha value is -0.790. The summed E-state index contributed by atoms with van der Waals surface area (Å²) < 4.78 is 0. The summed E-state index contributed by atoms with van der Waals surface area (Å²) in [5.74, 6) is 1.87. The Bertz CT molecular complexity index is 501. The molecule has 3 nitrogen and oxygen atoms in total. The molecule has 0 amide bonds. The molecule has 0 unspecified atom stereocenters. The van der Waals surface area contributed by atoms with Crippen molar-refractivity contribution < 1.29 is 0 Å². The maximum absolute atomic E-state index is 9.19. The lowest BCUT2D eigenvalue weighted by molar-refractivity contribution is 0.126. The van der Waals surface area contributed by atoms with E-state index in [-0.39, 0.29) is 24.8 Å². The number of nitriles is 1. The van der Waals surface area contributed by atoms with E-state index in [1.165, 1.54) is 57.4 Å². The first kappa shape index (κ1) is 20.3. The Labute approximate surface area is 152 Å². The molecule has 1 aromatic rings. The van der Waals surface area contributed by atoms with Gasteiger partial charge in [0, 0.05) is 6.54 Å². The highest BCUT2D eigenvalue weighted by molar-refractivity contribution is 5.85. The van der Waals surface area contributed by atoms with Gasteiger partial charge in [0.2, 0.25) is 0 Å². The number of nitrogens with zero attached hydrogens (tertiary/aromatic N) is 2. The van der Waals surface area contributed by atoms with Crippen molar-refractivity contribution in [1.29, 1.82) is 5.26 Å². The monoisotopic (exact) mass is 355 g/mol. The zero-order valence-electron chi connectivity index (χ0n) is 13.5. The van der Waals surface area contributed by atoms with Crippen LogP contribution in [0.1, 0.15) is 36.8 Å². The van der Waals surface area contributed by atoms with Crippen LogP contribution >= 0.6 is 24.8 Å². The molecule has 128 valence electrons. The average molecular weight is 356 g/mol. The van der Waals surface area contributed by atoms with E-state index in [1.54, 1.807) is 0 Å². The summed E-state index contributed by atoms with van der Waals surface area (Å²) in [6, 6.07) is 10.3. The van der Waals surface area contributed by atoms with Gasteiger partial charge in [0.15, 0.2) is 0 Å². The summed E-state index contributed by atoms with van der Waals surface area (Å²) in [6.45, 7) is 5.73. The maximum atomic E-state index is 9.19. The molecule has 5 heteroatoms. The van der Waals surface area contributed by atoms with Crippen LogP contribution in [0.3, 0.4) is 0 Å². The Morgan fingerprint density at radius 1 is 1.00 bits per heavy atom. The van der Waals surface area contributed by atoms with Crippen LogP contribution in [0.4, 0.5) is 0 Å². The number of benzene rings is 1. The Morgan fingerprint density at radius 2 is 1.61 bits per heavy atom. The van der Waals surface area contributed by atoms with Crippen LogP contribution in [0.5, 0.6) is 0 Å². The van der Waals surface area contributed by atoms with Crippen molar-refractivity contribution in [2.24, 2.45) is 11.8 Å². The molecule has 0 atom stereocenters. The van der Waals surface area contributed by atoms with Crippen LogP contribution in [-0.2, 0) is 6.54 Å². The van der Waals surface area contributed by atoms with E-state index in [1.807, 2.05) is 18.2 Å². The van der Waals surface area contributed by atoms with Crippen LogP contribution in [0.15, 0.2) is 24.3 Å². The van der Waals surface area contributed by atoms with Gasteiger partial charge in [-0.25, -0.2) is 0 Å². The first-order valence-electron chi connectivity index (χ1n) is 8.28. The summed E-state index contributed by atoms with van der Waals surface area (Å²) in [5.41, 5.74) is 2.01. The molecule has 1 N–H and O–H groups in total. The minimum absolute atomic E-state index is 0. The zero-order chi connectivity index (χ0) is 14.5. The zero-order valence-corrected chi connectivity index (χ0v) is 15.2. The standard InChI is InChI=1S/C18H25N3.2ClH/c19-13-17-3-1-2-4-18(17)14-21-11-7-16(8-12-21)15-5-9-20-10-6-15;;/h1-4,15-16,20H,5-12,14H2;2*1H. The largest absolute Gasteiger partial charge is 0.317 e. The number of hydrogen-bond acceptors (Lipinski definition) is 3. The molecule has 1 aromatic carbocycles. The van der Waals surface area contributed by atoms with E-state index < -0.39 is 0 Å². The number of hydrogen-bond donors (Lipinski definition) is 1. The second-order valence-corrected chi connectivity index (χ2v) is 6.47. The van der Waals surface area contributed by atoms with Crippen molar-refractivity contribution in [2.75, 3.05) is 26.2 Å². The molecule has 0 aliphatic carbocycles. The number of nitrogens with one attached hydrogen (secondary N) is 1. The lowest BCUT2D eigenvalue weighted by Gasteiger charge is -2.37. The molecular weight excluding hydrogens is 329 g/mol. The summed E-state index contributed by atoms with van der Waals surface area (Å²) in [4.78, 5) is 2.52. The summed E-state index contributed by atoms with van der Waals surface area (Å²) >= 11 is 0. The van der Waals surface area contributed by atoms with E-state index in [4.69, 9.17) is 0 Å². The normalized spacial score (nSPS) is 20.1. The third-order valence-electron chi connectivity index (χ3n) is 5.21. The average Bonchev–Trinajstić information content (AvgIpc) is 2.57. The highest BCUT2D eigenvalue weighted by atomic mass is 35.5. The predicted octanol–water partition coefficient (Wildman–Crippen LogP) is 3.61. The van der Waals surface area contributed by atoms with Crippen molar-refractivity contribution >= 4 is 24.8 Å². The molecule has 2 saturated heterocycles. The topological polar surface area (TPSA) is 39.1 Å². The number of halogens is 2. The number of rotatable bonds is 3. The molecule has 0 radical (unpaired) electrons. The molecule has 3 rings (SSSR count). The molecule has 2 fully saturated rings. The predicted molar refractivity (Wildman–Crippen MR) is 99.2 cm³/mol. The number of likely N-dealkylation sites (tertiary alicyclic amines) is 1. The van der Waals surface area contributed by atoms with Gasteiger partial charge in [-0.05, 0) is 75.3 Å². The van der Waals surface area contributed by atoms with Crippen LogP contribution in [-0.4, -0.2) is 31.1 Å². The van der Waals surface area contributed by atoms with Crippen LogP contribution in [0.25, 0.3) is 0 Å². The Kier molecular flexibility index (Phi) is 8.94. The van der Waals surface area contributed by atoms with Crippen LogP contribution in [0.2, 0.25) is 0 Å². The summed E-state index contributed by atoms with van der Waals surface area (Å²) in [6.07, 6.45) is 5.39. The lowest BCUT2D eigenvalue weighted by Crippen LogP contribution is -2.39. The second kappa shape index (κ2) is 10.2. The SMILES string of the molecule is Cl.Cl.N#Cc1ccccc1CN1CCC(C2CCNCC2)CC1. The molecular formula is C18H27Cl2N3. The van der Waals surface area contributed by atoms with Gasteiger partial charge in [-0.15, -0.1) is 24.8 Å². The first-order chi connectivity index (χ1) is 10.4. The van der Waals surface area contributed by atoms with Crippen molar-refractivity contribution in [3.05, 3.63) is 35.4 Å². The Morgan fingerprint density at radius 3 is 2.26 bits per heavy atom.